The molecule has 0 amide bonds. The molecule has 2 nitrogen and oxygen atoms in total. The van der Waals surface area contributed by atoms with Crippen LogP contribution in [-0.4, -0.2) is 25.6 Å². The maximum Gasteiger partial charge on any atom is 0.192 e. The molecule has 2 saturated carbocycles. The molecule has 154 valence electrons. The monoisotopic (exact) mass is 382 g/mol. The molecule has 2 aliphatic rings. The Morgan fingerprint density at radius 1 is 1.12 bits per heavy atom. The van der Waals surface area contributed by atoms with Crippen LogP contribution in [0.25, 0.3) is 0 Å². The molecule has 0 heterocycles. The summed E-state index contributed by atoms with van der Waals surface area (Å²) in [5.41, 5.74) is 0.389. The minimum atomic E-state index is -1.64. The molecule has 2 aliphatic carbocycles. The SMILES string of the molecule is C[C@H](CCC[C@H](C)[C@H]1CC[C@H]2[C@@H](O)CCC[C@]12C)O[Si](C)(C)C(C)(C)C. The van der Waals surface area contributed by atoms with Crippen LogP contribution < -0.4 is 0 Å². The molecule has 0 radical (unpaired) electrons. The second kappa shape index (κ2) is 8.25. The molecule has 0 saturated heterocycles. The Kier molecular flexibility index (Phi) is 7.11. The Balaban J connectivity index is 1.81. The Hall–Kier alpha value is 0.137. The van der Waals surface area contributed by atoms with Gasteiger partial charge in [-0.05, 0) is 80.3 Å². The number of rotatable bonds is 7. The molecule has 1 N–H and O–H groups in total. The molecule has 2 rings (SSSR count). The number of aliphatic hydroxyl groups excluding tert-OH is 1. The van der Waals surface area contributed by atoms with Crippen molar-refractivity contribution in [2.75, 3.05) is 0 Å². The van der Waals surface area contributed by atoms with Gasteiger partial charge < -0.3 is 9.53 Å². The van der Waals surface area contributed by atoms with E-state index in [9.17, 15) is 5.11 Å². The average Bonchev–Trinajstić information content (AvgIpc) is 2.84. The van der Waals surface area contributed by atoms with Gasteiger partial charge in [0, 0.05) is 6.10 Å². The maximum absolute atomic E-state index is 10.5. The Labute approximate surface area is 164 Å². The van der Waals surface area contributed by atoms with Gasteiger partial charge in [-0.3, -0.25) is 0 Å². The highest BCUT2D eigenvalue weighted by atomic mass is 28.4. The summed E-state index contributed by atoms with van der Waals surface area (Å²) in [5.74, 6) is 2.14. The lowest BCUT2D eigenvalue weighted by Gasteiger charge is -2.45. The van der Waals surface area contributed by atoms with Gasteiger partial charge in [-0.25, -0.2) is 0 Å². The van der Waals surface area contributed by atoms with Crippen LogP contribution in [0.15, 0.2) is 0 Å². The van der Waals surface area contributed by atoms with Gasteiger partial charge in [0.25, 0.3) is 0 Å². The predicted octanol–water partition coefficient (Wildman–Crippen LogP) is 6.78. The lowest BCUT2D eigenvalue weighted by Crippen LogP contribution is -2.43. The van der Waals surface area contributed by atoms with E-state index in [1.54, 1.807) is 0 Å². The fourth-order valence-corrected chi connectivity index (χ4v) is 7.27. The molecule has 6 atom stereocenters. The average molecular weight is 383 g/mol. The lowest BCUT2D eigenvalue weighted by atomic mass is 9.61. The van der Waals surface area contributed by atoms with Gasteiger partial charge in [0.15, 0.2) is 8.32 Å². The fourth-order valence-electron chi connectivity index (χ4n) is 5.79. The molecule has 0 aliphatic heterocycles. The minimum absolute atomic E-state index is 0.0380. The van der Waals surface area contributed by atoms with E-state index in [0.717, 1.165) is 18.3 Å². The van der Waals surface area contributed by atoms with Crippen molar-refractivity contribution in [3.63, 3.8) is 0 Å². The molecule has 0 unspecified atom stereocenters. The van der Waals surface area contributed by atoms with Crippen molar-refractivity contribution in [2.24, 2.45) is 23.2 Å². The largest absolute Gasteiger partial charge is 0.414 e. The third kappa shape index (κ3) is 4.75. The minimum Gasteiger partial charge on any atom is -0.414 e. The molecular formula is C23H46O2Si. The molecule has 0 spiro atoms. The van der Waals surface area contributed by atoms with E-state index in [4.69, 9.17) is 4.43 Å². The Bertz CT molecular complexity index is 456. The highest BCUT2D eigenvalue weighted by Gasteiger charge is 2.52. The highest BCUT2D eigenvalue weighted by molar-refractivity contribution is 6.74. The molecule has 0 aromatic rings. The first-order chi connectivity index (χ1) is 11.9. The summed E-state index contributed by atoms with van der Waals surface area (Å²) in [6.07, 6.45) is 10.3. The van der Waals surface area contributed by atoms with Crippen LogP contribution >= 0.6 is 0 Å². The van der Waals surface area contributed by atoms with Crippen LogP contribution in [0.4, 0.5) is 0 Å². The van der Waals surface area contributed by atoms with Gasteiger partial charge in [-0.15, -0.1) is 0 Å². The second-order valence-corrected chi connectivity index (χ2v) is 16.1. The lowest BCUT2D eigenvalue weighted by molar-refractivity contribution is -0.0279. The van der Waals surface area contributed by atoms with Crippen LogP contribution in [0, 0.1) is 23.2 Å². The zero-order chi connectivity index (χ0) is 19.8. The molecule has 2 fully saturated rings. The summed E-state index contributed by atoms with van der Waals surface area (Å²) >= 11 is 0. The standard InChI is InChI=1S/C23H46O2Si/c1-17(11-9-12-18(2)25-26(7,8)22(3,4)5)19-14-15-20-21(24)13-10-16-23(19,20)6/h17-21,24H,9-16H2,1-8H3/t17-,18+,19+,20-,21-,23+/m0/s1. The topological polar surface area (TPSA) is 29.5 Å². The first-order valence-electron chi connectivity index (χ1n) is 11.2. The van der Waals surface area contributed by atoms with Crippen LogP contribution in [0.1, 0.15) is 92.9 Å². The third-order valence-corrected chi connectivity index (χ3v) is 13.0. The molecule has 26 heavy (non-hydrogen) atoms. The molecule has 0 aromatic heterocycles. The first kappa shape index (κ1) is 22.4. The van der Waals surface area contributed by atoms with Crippen molar-refractivity contribution in [3.05, 3.63) is 0 Å². The molecular weight excluding hydrogens is 336 g/mol. The van der Waals surface area contributed by atoms with Crippen LogP contribution in [-0.2, 0) is 4.43 Å². The van der Waals surface area contributed by atoms with E-state index in [-0.39, 0.29) is 6.10 Å². The van der Waals surface area contributed by atoms with E-state index in [1.807, 2.05) is 0 Å². The van der Waals surface area contributed by atoms with Crippen molar-refractivity contribution in [2.45, 2.75) is 123 Å². The van der Waals surface area contributed by atoms with Crippen molar-refractivity contribution in [1.29, 1.82) is 0 Å². The molecule has 0 aromatic carbocycles. The van der Waals surface area contributed by atoms with E-state index < -0.39 is 8.32 Å². The number of hydrogen-bond donors (Lipinski definition) is 1. The Morgan fingerprint density at radius 2 is 1.77 bits per heavy atom. The van der Waals surface area contributed by atoms with E-state index in [1.165, 1.54) is 44.9 Å². The fraction of sp³-hybridized carbons (Fsp3) is 1.00. The summed E-state index contributed by atoms with van der Waals surface area (Å²) in [7, 11) is -1.64. The number of fused-ring (bicyclic) bond motifs is 1. The van der Waals surface area contributed by atoms with Crippen LogP contribution in [0.2, 0.25) is 18.1 Å². The highest BCUT2D eigenvalue weighted by Crippen LogP contribution is 2.58. The maximum atomic E-state index is 10.5. The van der Waals surface area contributed by atoms with Gasteiger partial charge in [0.1, 0.15) is 0 Å². The molecule has 3 heteroatoms. The first-order valence-corrected chi connectivity index (χ1v) is 14.1. The predicted molar refractivity (Wildman–Crippen MR) is 115 cm³/mol. The van der Waals surface area contributed by atoms with Crippen molar-refractivity contribution in [3.8, 4) is 0 Å². The van der Waals surface area contributed by atoms with Gasteiger partial charge in [-0.2, -0.15) is 0 Å². The van der Waals surface area contributed by atoms with Crippen molar-refractivity contribution in [1.82, 2.24) is 0 Å². The summed E-state index contributed by atoms with van der Waals surface area (Å²) in [5, 5.41) is 10.7. The smallest absolute Gasteiger partial charge is 0.192 e. The van der Waals surface area contributed by atoms with Gasteiger partial charge in [0.2, 0.25) is 0 Å². The van der Waals surface area contributed by atoms with Crippen molar-refractivity contribution >= 4 is 8.32 Å². The normalized spacial score (nSPS) is 35.2. The number of aliphatic hydroxyl groups is 1. The van der Waals surface area contributed by atoms with Crippen molar-refractivity contribution < 1.29 is 9.53 Å². The quantitative estimate of drug-likeness (QED) is 0.492. The zero-order valence-corrected chi connectivity index (χ0v) is 19.9. The van der Waals surface area contributed by atoms with E-state index >= 15 is 0 Å². The summed E-state index contributed by atoms with van der Waals surface area (Å²) < 4.78 is 6.54. The van der Waals surface area contributed by atoms with Crippen LogP contribution in [0.5, 0.6) is 0 Å². The Morgan fingerprint density at radius 3 is 2.38 bits per heavy atom. The second-order valence-electron chi connectivity index (χ2n) is 11.4. The zero-order valence-electron chi connectivity index (χ0n) is 18.9. The molecule has 0 bridgehead atoms. The summed E-state index contributed by atoms with van der Waals surface area (Å²) in [6, 6.07) is 0. The van der Waals surface area contributed by atoms with Gasteiger partial charge >= 0.3 is 0 Å². The summed E-state index contributed by atoms with van der Waals surface area (Å²) in [4.78, 5) is 0. The van der Waals surface area contributed by atoms with Gasteiger partial charge in [0.05, 0.1) is 6.10 Å². The number of hydrogen-bond acceptors (Lipinski definition) is 2. The van der Waals surface area contributed by atoms with E-state index in [0.29, 0.717) is 22.5 Å². The third-order valence-electron chi connectivity index (χ3n) is 8.42. The van der Waals surface area contributed by atoms with Gasteiger partial charge in [-0.1, -0.05) is 53.9 Å². The summed E-state index contributed by atoms with van der Waals surface area (Å²) in [6.45, 7) is 18.9. The van der Waals surface area contributed by atoms with Crippen LogP contribution in [0.3, 0.4) is 0 Å². The van der Waals surface area contributed by atoms with E-state index in [2.05, 4.69) is 54.6 Å².